The van der Waals surface area contributed by atoms with Crippen molar-refractivity contribution in [3.63, 3.8) is 0 Å². The third-order valence-electron chi connectivity index (χ3n) is 4.13. The van der Waals surface area contributed by atoms with Gasteiger partial charge < -0.3 is 4.74 Å². The van der Waals surface area contributed by atoms with Gasteiger partial charge in [0.1, 0.15) is 0 Å². The molecule has 110 valence electrons. The number of nitrogens with zero attached hydrogens (tertiary/aromatic N) is 1. The van der Waals surface area contributed by atoms with Crippen molar-refractivity contribution in [2.75, 3.05) is 13.2 Å². The molecule has 2 unspecified atom stereocenters. The molecule has 20 heavy (non-hydrogen) atoms. The summed E-state index contributed by atoms with van der Waals surface area (Å²) in [7, 11) is -3.49. The lowest BCUT2D eigenvalue weighted by atomic mass is 10.2. The zero-order valence-corrected chi connectivity index (χ0v) is 12.7. The maximum absolute atomic E-state index is 12.9. The Morgan fingerprint density at radius 1 is 1.30 bits per heavy atom. The van der Waals surface area contributed by atoms with Crippen LogP contribution >= 0.6 is 11.6 Å². The van der Waals surface area contributed by atoms with Crippen molar-refractivity contribution in [2.45, 2.75) is 42.2 Å². The van der Waals surface area contributed by atoms with E-state index in [-0.39, 0.29) is 18.0 Å². The molecule has 2 atom stereocenters. The molecule has 1 heterocycles. The molecule has 0 amide bonds. The van der Waals surface area contributed by atoms with E-state index >= 15 is 0 Å². The van der Waals surface area contributed by atoms with Crippen molar-refractivity contribution < 1.29 is 13.2 Å². The highest BCUT2D eigenvalue weighted by molar-refractivity contribution is 7.89. The molecular formula is C14H18ClNO3S. The van der Waals surface area contributed by atoms with E-state index in [1.807, 2.05) is 6.07 Å². The van der Waals surface area contributed by atoms with Crippen molar-refractivity contribution in [3.8, 4) is 0 Å². The highest BCUT2D eigenvalue weighted by Gasteiger charge is 2.42. The van der Waals surface area contributed by atoms with E-state index in [9.17, 15) is 8.42 Å². The average molecular weight is 316 g/mol. The van der Waals surface area contributed by atoms with Crippen molar-refractivity contribution in [3.05, 3.63) is 29.8 Å². The summed E-state index contributed by atoms with van der Waals surface area (Å²) < 4.78 is 33.2. The molecule has 0 N–H and O–H groups in total. The van der Waals surface area contributed by atoms with Gasteiger partial charge in [-0.1, -0.05) is 18.2 Å². The maximum Gasteiger partial charge on any atom is 0.243 e. The Morgan fingerprint density at radius 2 is 2.10 bits per heavy atom. The van der Waals surface area contributed by atoms with Crippen LogP contribution < -0.4 is 0 Å². The van der Waals surface area contributed by atoms with E-state index in [1.54, 1.807) is 22.5 Å². The highest BCUT2D eigenvalue weighted by Crippen LogP contribution is 2.34. The van der Waals surface area contributed by atoms with E-state index in [2.05, 4.69) is 0 Å². The van der Waals surface area contributed by atoms with Crippen molar-refractivity contribution >= 4 is 21.6 Å². The SMILES string of the molecule is O=S(=O)(c1ccccc1CCl)N1CCOC2CCCC21. The van der Waals surface area contributed by atoms with E-state index in [4.69, 9.17) is 16.3 Å². The van der Waals surface area contributed by atoms with Crippen molar-refractivity contribution in [2.24, 2.45) is 0 Å². The summed E-state index contributed by atoms with van der Waals surface area (Å²) in [5, 5.41) is 0. The number of benzene rings is 1. The molecule has 1 saturated heterocycles. The Hall–Kier alpha value is -0.620. The summed E-state index contributed by atoms with van der Waals surface area (Å²) in [6.45, 7) is 0.906. The minimum absolute atomic E-state index is 0.0165. The standard InChI is InChI=1S/C14H18ClNO3S/c15-10-11-4-1-2-7-14(11)20(17,18)16-8-9-19-13-6-3-5-12(13)16/h1-2,4,7,12-13H,3,5-6,8-10H2. The van der Waals surface area contributed by atoms with Crippen LogP contribution in [0.5, 0.6) is 0 Å². The fraction of sp³-hybridized carbons (Fsp3) is 0.571. The summed E-state index contributed by atoms with van der Waals surface area (Å²) in [5.41, 5.74) is 0.662. The van der Waals surface area contributed by atoms with Crippen LogP contribution in [0, 0.1) is 0 Å². The molecular weight excluding hydrogens is 298 g/mol. The number of rotatable bonds is 3. The van der Waals surface area contributed by atoms with Gasteiger partial charge in [-0.05, 0) is 30.9 Å². The average Bonchev–Trinajstić information content (AvgIpc) is 2.95. The number of sulfonamides is 1. The zero-order valence-electron chi connectivity index (χ0n) is 11.2. The van der Waals surface area contributed by atoms with E-state index in [0.29, 0.717) is 23.6 Å². The number of morpholine rings is 1. The third-order valence-corrected chi connectivity index (χ3v) is 6.45. The second kappa shape index (κ2) is 5.64. The van der Waals surface area contributed by atoms with Crippen molar-refractivity contribution in [1.82, 2.24) is 4.31 Å². The van der Waals surface area contributed by atoms with Gasteiger partial charge in [-0.25, -0.2) is 8.42 Å². The molecule has 2 fully saturated rings. The lowest BCUT2D eigenvalue weighted by molar-refractivity contribution is -0.0241. The molecule has 0 spiro atoms. The Balaban J connectivity index is 1.98. The van der Waals surface area contributed by atoms with E-state index in [0.717, 1.165) is 19.3 Å². The lowest BCUT2D eigenvalue weighted by Crippen LogP contribution is -2.51. The normalized spacial score (nSPS) is 27.4. The highest BCUT2D eigenvalue weighted by atomic mass is 35.5. The molecule has 1 aromatic carbocycles. The van der Waals surface area contributed by atoms with Crippen LogP contribution in [0.15, 0.2) is 29.2 Å². The van der Waals surface area contributed by atoms with Crippen LogP contribution in [-0.4, -0.2) is 38.0 Å². The van der Waals surface area contributed by atoms with Crippen LogP contribution in [-0.2, 0) is 20.6 Å². The van der Waals surface area contributed by atoms with Gasteiger partial charge in [0, 0.05) is 12.4 Å². The van der Waals surface area contributed by atoms with Crippen LogP contribution in [0.4, 0.5) is 0 Å². The number of hydrogen-bond donors (Lipinski definition) is 0. The first-order chi connectivity index (χ1) is 9.64. The van der Waals surface area contributed by atoms with Gasteiger partial charge in [0.2, 0.25) is 10.0 Å². The molecule has 1 aliphatic carbocycles. The van der Waals surface area contributed by atoms with Crippen LogP contribution in [0.2, 0.25) is 0 Å². The zero-order chi connectivity index (χ0) is 14.2. The number of hydrogen-bond acceptors (Lipinski definition) is 3. The van der Waals surface area contributed by atoms with Gasteiger partial charge in [0.05, 0.1) is 23.6 Å². The molecule has 4 nitrogen and oxygen atoms in total. The number of ether oxygens (including phenoxy) is 1. The fourth-order valence-corrected chi connectivity index (χ4v) is 5.38. The van der Waals surface area contributed by atoms with Gasteiger partial charge in [-0.2, -0.15) is 4.31 Å². The molecule has 3 rings (SSSR count). The van der Waals surface area contributed by atoms with Crippen molar-refractivity contribution in [1.29, 1.82) is 0 Å². The molecule has 0 radical (unpaired) electrons. The largest absolute Gasteiger partial charge is 0.375 e. The molecule has 0 bridgehead atoms. The molecule has 2 aliphatic rings. The summed E-state index contributed by atoms with van der Waals surface area (Å²) in [6, 6.07) is 6.96. The number of fused-ring (bicyclic) bond motifs is 1. The quantitative estimate of drug-likeness (QED) is 0.805. The van der Waals surface area contributed by atoms with Gasteiger partial charge in [-0.3, -0.25) is 0 Å². The number of halogens is 1. The minimum Gasteiger partial charge on any atom is -0.375 e. The predicted octanol–water partition coefficient (Wildman–Crippen LogP) is 2.37. The van der Waals surface area contributed by atoms with E-state index in [1.165, 1.54) is 0 Å². The predicted molar refractivity (Wildman–Crippen MR) is 77.3 cm³/mol. The topological polar surface area (TPSA) is 46.6 Å². The number of alkyl halides is 1. The Bertz CT molecular complexity index is 590. The maximum atomic E-state index is 12.9. The molecule has 1 saturated carbocycles. The smallest absolute Gasteiger partial charge is 0.243 e. The summed E-state index contributed by atoms with van der Waals surface area (Å²) in [4.78, 5) is 0.336. The van der Waals surface area contributed by atoms with Gasteiger partial charge in [0.15, 0.2) is 0 Å². The minimum atomic E-state index is -3.49. The molecule has 1 aliphatic heterocycles. The Labute approximate surface area is 124 Å². The summed E-state index contributed by atoms with van der Waals surface area (Å²) >= 11 is 5.88. The monoisotopic (exact) mass is 315 g/mol. The van der Waals surface area contributed by atoms with Gasteiger partial charge in [-0.15, -0.1) is 11.6 Å². The van der Waals surface area contributed by atoms with Crippen LogP contribution in [0.25, 0.3) is 0 Å². The Morgan fingerprint density at radius 3 is 2.90 bits per heavy atom. The first-order valence-electron chi connectivity index (χ1n) is 6.92. The summed E-state index contributed by atoms with van der Waals surface area (Å²) in [5.74, 6) is 0.202. The van der Waals surface area contributed by atoms with Gasteiger partial charge in [0.25, 0.3) is 0 Å². The molecule has 1 aromatic rings. The third kappa shape index (κ3) is 2.37. The first kappa shape index (κ1) is 14.3. The Kier molecular flexibility index (Phi) is 4.04. The molecule has 6 heteroatoms. The summed E-state index contributed by atoms with van der Waals surface area (Å²) in [6.07, 6.45) is 2.92. The lowest BCUT2D eigenvalue weighted by Gasteiger charge is -2.36. The molecule has 0 aromatic heterocycles. The fourth-order valence-electron chi connectivity index (χ4n) is 3.18. The second-order valence-electron chi connectivity index (χ2n) is 5.26. The second-order valence-corrected chi connectivity index (χ2v) is 7.39. The van der Waals surface area contributed by atoms with E-state index < -0.39 is 10.0 Å². The first-order valence-corrected chi connectivity index (χ1v) is 8.89. The van der Waals surface area contributed by atoms with Crippen LogP contribution in [0.3, 0.4) is 0 Å². The van der Waals surface area contributed by atoms with Gasteiger partial charge >= 0.3 is 0 Å². The van der Waals surface area contributed by atoms with Crippen LogP contribution in [0.1, 0.15) is 24.8 Å².